The summed E-state index contributed by atoms with van der Waals surface area (Å²) >= 11 is 0. The van der Waals surface area contributed by atoms with E-state index < -0.39 is 15.4 Å². The third-order valence-electron chi connectivity index (χ3n) is 0.937. The SMILES string of the molecule is CC(CC=O)S(=O)(=O)O. The molecule has 0 bridgehead atoms. The molecule has 0 saturated heterocycles. The fourth-order valence-electron chi connectivity index (χ4n) is 0.257. The molecule has 0 heterocycles. The topological polar surface area (TPSA) is 71.4 Å². The summed E-state index contributed by atoms with van der Waals surface area (Å²) in [4.78, 5) is 9.69. The summed E-state index contributed by atoms with van der Waals surface area (Å²) in [6.07, 6.45) is 0.303. The standard InChI is InChI=1S/C4H8O4S/c1-4(2-3-5)9(6,7)8/h3-4H,2H2,1H3,(H,6,7,8). The number of hydrogen-bond donors (Lipinski definition) is 1. The first-order valence-corrected chi connectivity index (χ1v) is 3.88. The summed E-state index contributed by atoms with van der Waals surface area (Å²) in [5.74, 6) is 0. The zero-order valence-electron chi connectivity index (χ0n) is 4.94. The van der Waals surface area contributed by atoms with Crippen LogP contribution in [0.5, 0.6) is 0 Å². The van der Waals surface area contributed by atoms with Gasteiger partial charge in [-0.25, -0.2) is 0 Å². The van der Waals surface area contributed by atoms with E-state index in [9.17, 15) is 13.2 Å². The van der Waals surface area contributed by atoms with Crippen LogP contribution >= 0.6 is 0 Å². The van der Waals surface area contributed by atoms with Gasteiger partial charge in [0.1, 0.15) is 6.29 Å². The van der Waals surface area contributed by atoms with E-state index in [2.05, 4.69) is 0 Å². The van der Waals surface area contributed by atoms with E-state index in [4.69, 9.17) is 4.55 Å². The molecule has 0 aromatic heterocycles. The molecule has 0 saturated carbocycles. The molecule has 0 fully saturated rings. The molecule has 0 radical (unpaired) electrons. The van der Waals surface area contributed by atoms with Gasteiger partial charge in [0.25, 0.3) is 10.1 Å². The second kappa shape index (κ2) is 2.93. The highest BCUT2D eigenvalue weighted by Gasteiger charge is 2.15. The third kappa shape index (κ3) is 3.21. The molecule has 0 rings (SSSR count). The Balaban J connectivity index is 4.05. The second-order valence-electron chi connectivity index (χ2n) is 1.73. The Labute approximate surface area is 53.6 Å². The molecule has 0 aromatic carbocycles. The molecular weight excluding hydrogens is 144 g/mol. The van der Waals surface area contributed by atoms with Gasteiger partial charge < -0.3 is 4.79 Å². The van der Waals surface area contributed by atoms with E-state index in [0.29, 0.717) is 6.29 Å². The van der Waals surface area contributed by atoms with E-state index in [1.807, 2.05) is 0 Å². The Hall–Kier alpha value is -0.420. The maximum absolute atomic E-state index is 10.1. The number of rotatable bonds is 3. The van der Waals surface area contributed by atoms with Crippen LogP contribution in [0.4, 0.5) is 0 Å². The van der Waals surface area contributed by atoms with Gasteiger partial charge >= 0.3 is 0 Å². The lowest BCUT2D eigenvalue weighted by atomic mass is 10.4. The third-order valence-corrected chi connectivity index (χ3v) is 2.15. The van der Waals surface area contributed by atoms with E-state index >= 15 is 0 Å². The van der Waals surface area contributed by atoms with Gasteiger partial charge in [-0.05, 0) is 6.92 Å². The van der Waals surface area contributed by atoms with Crippen LogP contribution in [-0.2, 0) is 14.9 Å². The quantitative estimate of drug-likeness (QED) is 0.451. The van der Waals surface area contributed by atoms with Gasteiger partial charge in [0, 0.05) is 6.42 Å². The van der Waals surface area contributed by atoms with Crippen LogP contribution in [0, 0.1) is 0 Å². The summed E-state index contributed by atoms with van der Waals surface area (Å²) in [6, 6.07) is 0. The Bertz CT molecular complexity index is 181. The van der Waals surface area contributed by atoms with Gasteiger partial charge in [0.2, 0.25) is 0 Å². The monoisotopic (exact) mass is 152 g/mol. The summed E-state index contributed by atoms with van der Waals surface area (Å²) in [6.45, 7) is 1.27. The summed E-state index contributed by atoms with van der Waals surface area (Å²) in [7, 11) is -4.00. The minimum absolute atomic E-state index is 0.154. The van der Waals surface area contributed by atoms with Gasteiger partial charge in [-0.15, -0.1) is 0 Å². The minimum Gasteiger partial charge on any atom is -0.303 e. The molecule has 5 heteroatoms. The zero-order valence-corrected chi connectivity index (χ0v) is 5.76. The highest BCUT2D eigenvalue weighted by Crippen LogP contribution is 1.99. The summed E-state index contributed by atoms with van der Waals surface area (Å²) in [5, 5.41) is -0.977. The molecule has 0 aliphatic carbocycles. The van der Waals surface area contributed by atoms with Gasteiger partial charge in [-0.2, -0.15) is 8.42 Å². The van der Waals surface area contributed by atoms with Crippen molar-refractivity contribution in [2.45, 2.75) is 18.6 Å². The summed E-state index contributed by atoms with van der Waals surface area (Å²) in [5.41, 5.74) is 0. The Morgan fingerprint density at radius 1 is 1.67 bits per heavy atom. The van der Waals surface area contributed by atoms with Gasteiger partial charge in [0.05, 0.1) is 5.25 Å². The Morgan fingerprint density at radius 2 is 2.11 bits per heavy atom. The van der Waals surface area contributed by atoms with Crippen LogP contribution in [0.25, 0.3) is 0 Å². The first-order chi connectivity index (χ1) is 3.98. The highest BCUT2D eigenvalue weighted by atomic mass is 32.2. The van der Waals surface area contributed by atoms with Crippen molar-refractivity contribution in [2.75, 3.05) is 0 Å². The molecule has 1 unspecified atom stereocenters. The number of hydrogen-bond acceptors (Lipinski definition) is 3. The molecule has 54 valence electrons. The van der Waals surface area contributed by atoms with Crippen LogP contribution < -0.4 is 0 Å². The van der Waals surface area contributed by atoms with Crippen LogP contribution in [-0.4, -0.2) is 24.5 Å². The van der Waals surface area contributed by atoms with Crippen molar-refractivity contribution in [1.29, 1.82) is 0 Å². The van der Waals surface area contributed by atoms with Crippen LogP contribution in [0.3, 0.4) is 0 Å². The van der Waals surface area contributed by atoms with Gasteiger partial charge in [0.15, 0.2) is 0 Å². The predicted molar refractivity (Wildman–Crippen MR) is 31.7 cm³/mol. The normalized spacial score (nSPS) is 14.9. The second-order valence-corrected chi connectivity index (χ2v) is 3.56. The molecule has 1 N–H and O–H groups in total. The van der Waals surface area contributed by atoms with Crippen molar-refractivity contribution in [3.8, 4) is 0 Å². The largest absolute Gasteiger partial charge is 0.303 e. The highest BCUT2D eigenvalue weighted by molar-refractivity contribution is 7.86. The molecule has 0 aliphatic rings. The fourth-order valence-corrected chi connectivity index (χ4v) is 0.579. The maximum Gasteiger partial charge on any atom is 0.267 e. The molecular formula is C4H8O4S. The fraction of sp³-hybridized carbons (Fsp3) is 0.750. The van der Waals surface area contributed by atoms with Crippen LogP contribution in [0.15, 0.2) is 0 Å². The lowest BCUT2D eigenvalue weighted by molar-refractivity contribution is -0.107. The van der Waals surface area contributed by atoms with Crippen molar-refractivity contribution < 1.29 is 17.8 Å². The molecule has 0 amide bonds. The smallest absolute Gasteiger partial charge is 0.267 e. The lowest BCUT2D eigenvalue weighted by Crippen LogP contribution is -2.16. The number of aldehydes is 1. The predicted octanol–water partition coefficient (Wildman–Crippen LogP) is -0.148. The molecule has 1 atom stereocenters. The van der Waals surface area contributed by atoms with Crippen molar-refractivity contribution in [1.82, 2.24) is 0 Å². The van der Waals surface area contributed by atoms with Gasteiger partial charge in [-0.1, -0.05) is 0 Å². The van der Waals surface area contributed by atoms with Crippen LogP contribution in [0.1, 0.15) is 13.3 Å². The minimum atomic E-state index is -4.00. The first-order valence-electron chi connectivity index (χ1n) is 2.38. The summed E-state index contributed by atoms with van der Waals surface area (Å²) < 4.78 is 28.5. The van der Waals surface area contributed by atoms with Crippen molar-refractivity contribution >= 4 is 16.4 Å². The first kappa shape index (κ1) is 8.58. The van der Waals surface area contributed by atoms with Crippen molar-refractivity contribution in [3.05, 3.63) is 0 Å². The number of carbonyl (C=O) groups excluding carboxylic acids is 1. The lowest BCUT2D eigenvalue weighted by Gasteiger charge is -1.99. The van der Waals surface area contributed by atoms with E-state index in [-0.39, 0.29) is 6.42 Å². The average molecular weight is 152 g/mol. The molecule has 9 heavy (non-hydrogen) atoms. The van der Waals surface area contributed by atoms with E-state index in [1.54, 1.807) is 0 Å². The van der Waals surface area contributed by atoms with E-state index in [0.717, 1.165) is 0 Å². The zero-order chi connectivity index (χ0) is 7.49. The Morgan fingerprint density at radius 3 is 2.22 bits per heavy atom. The van der Waals surface area contributed by atoms with Crippen LogP contribution in [0.2, 0.25) is 0 Å². The van der Waals surface area contributed by atoms with E-state index in [1.165, 1.54) is 6.92 Å². The Kier molecular flexibility index (Phi) is 2.80. The molecule has 0 aliphatic heterocycles. The van der Waals surface area contributed by atoms with Gasteiger partial charge in [-0.3, -0.25) is 4.55 Å². The number of carbonyl (C=O) groups is 1. The van der Waals surface area contributed by atoms with Crippen molar-refractivity contribution in [2.24, 2.45) is 0 Å². The molecule has 0 spiro atoms. The molecule has 0 aromatic rings. The van der Waals surface area contributed by atoms with Crippen molar-refractivity contribution in [3.63, 3.8) is 0 Å². The average Bonchev–Trinajstić information content (AvgIpc) is 1.64. The molecule has 4 nitrogen and oxygen atoms in total. The maximum atomic E-state index is 10.1.